The van der Waals surface area contributed by atoms with Gasteiger partial charge in [-0.2, -0.15) is 0 Å². The molecule has 0 bridgehead atoms. The number of nitrogens with zero attached hydrogens (tertiary/aromatic N) is 1. The third-order valence-electron chi connectivity index (χ3n) is 4.69. The number of fused-ring (bicyclic) bond motifs is 1. The zero-order valence-electron chi connectivity index (χ0n) is 14.9. The minimum Gasteiger partial charge on any atom is -0.465 e. The molecule has 1 aromatic heterocycles. The van der Waals surface area contributed by atoms with E-state index in [4.69, 9.17) is 21.1 Å². The number of hydrogen-bond donors (Lipinski definition) is 2. The molecule has 3 aromatic rings. The summed E-state index contributed by atoms with van der Waals surface area (Å²) in [5, 5.41) is 11.7. The highest BCUT2D eigenvalue weighted by molar-refractivity contribution is 6.35. The molecule has 0 atom stereocenters. The third-order valence-corrected chi connectivity index (χ3v) is 4.97. The second-order valence-corrected chi connectivity index (χ2v) is 7.16. The van der Waals surface area contributed by atoms with E-state index < -0.39 is 24.0 Å². The second-order valence-electron chi connectivity index (χ2n) is 6.75. The molecule has 6 nitrogen and oxygen atoms in total. The van der Waals surface area contributed by atoms with Crippen LogP contribution in [0.3, 0.4) is 0 Å². The second kappa shape index (κ2) is 7.36. The highest BCUT2D eigenvalue weighted by Gasteiger charge is 2.31. The summed E-state index contributed by atoms with van der Waals surface area (Å²) >= 11 is 6.25. The van der Waals surface area contributed by atoms with Crippen molar-refractivity contribution in [1.29, 1.82) is 0 Å². The Hall–Kier alpha value is -3.13. The smallest absolute Gasteiger partial charge is 0.405 e. The molecule has 9 heteroatoms. The molecule has 1 aliphatic rings. The van der Waals surface area contributed by atoms with Crippen LogP contribution in [0.25, 0.3) is 22.1 Å². The van der Waals surface area contributed by atoms with Gasteiger partial charge in [0, 0.05) is 16.5 Å². The highest BCUT2D eigenvalue weighted by Crippen LogP contribution is 2.34. The summed E-state index contributed by atoms with van der Waals surface area (Å²) in [6.45, 7) is 0.0131. The van der Waals surface area contributed by atoms with E-state index in [1.165, 1.54) is 23.1 Å². The lowest BCUT2D eigenvalue weighted by molar-refractivity contribution is 0.0400. The van der Waals surface area contributed by atoms with Gasteiger partial charge >= 0.3 is 6.09 Å². The highest BCUT2D eigenvalue weighted by atomic mass is 35.5. The fourth-order valence-electron chi connectivity index (χ4n) is 3.22. The Bertz CT molecular complexity index is 1130. The predicted octanol–water partition coefficient (Wildman–Crippen LogP) is 4.45. The Labute approximate surface area is 168 Å². The Morgan fingerprint density at radius 3 is 2.66 bits per heavy atom. The summed E-state index contributed by atoms with van der Waals surface area (Å²) in [6.07, 6.45) is -2.21. The minimum absolute atomic E-state index is 0.0219. The van der Waals surface area contributed by atoms with Crippen molar-refractivity contribution in [1.82, 2.24) is 10.2 Å². The minimum atomic E-state index is -1.19. The average molecular weight is 421 g/mol. The third kappa shape index (κ3) is 3.75. The molecular weight excluding hydrogens is 406 g/mol. The van der Waals surface area contributed by atoms with Crippen molar-refractivity contribution < 1.29 is 27.9 Å². The lowest BCUT2D eigenvalue weighted by Crippen LogP contribution is -2.51. The topological polar surface area (TPSA) is 82.8 Å². The van der Waals surface area contributed by atoms with Crippen molar-refractivity contribution in [2.45, 2.75) is 12.7 Å². The molecule has 0 spiro atoms. The summed E-state index contributed by atoms with van der Waals surface area (Å²) in [7, 11) is 0. The van der Waals surface area contributed by atoms with Crippen molar-refractivity contribution in [3.05, 3.63) is 58.6 Å². The van der Waals surface area contributed by atoms with Gasteiger partial charge in [-0.05, 0) is 35.9 Å². The van der Waals surface area contributed by atoms with E-state index in [1.807, 2.05) is 0 Å². The summed E-state index contributed by atoms with van der Waals surface area (Å²) in [4.78, 5) is 24.2. The number of alkyl halides is 1. The van der Waals surface area contributed by atoms with E-state index in [1.54, 1.807) is 12.1 Å². The monoisotopic (exact) mass is 420 g/mol. The van der Waals surface area contributed by atoms with Crippen LogP contribution >= 0.6 is 11.6 Å². The number of carboxylic acid groups (broad SMARTS) is 1. The number of hydrogen-bond acceptors (Lipinski definition) is 3. The number of nitrogens with one attached hydrogen (secondary N) is 1. The molecule has 0 radical (unpaired) electrons. The van der Waals surface area contributed by atoms with Gasteiger partial charge in [0.05, 0.1) is 24.7 Å². The Balaban J connectivity index is 1.63. The molecule has 2 N–H and O–H groups in total. The van der Waals surface area contributed by atoms with Crippen LogP contribution in [0.5, 0.6) is 0 Å². The molecule has 29 heavy (non-hydrogen) atoms. The van der Waals surface area contributed by atoms with Crippen molar-refractivity contribution in [3.63, 3.8) is 0 Å². The predicted molar refractivity (Wildman–Crippen MR) is 102 cm³/mol. The number of carbonyl (C=O) groups excluding carboxylic acids is 1. The van der Waals surface area contributed by atoms with E-state index in [0.29, 0.717) is 22.3 Å². The molecule has 2 amide bonds. The molecule has 1 saturated heterocycles. The standard InChI is InChI=1S/C20H15ClF2N2O4/c21-16-5-11(3-12-4-14(29-18(12)16)7-24-20(27)28)15-2-1-10(6-17(15)23)19(26)25-8-13(22)9-25/h1-6,13,24H,7-9H2,(H,27,28). The fourth-order valence-corrected chi connectivity index (χ4v) is 3.49. The Morgan fingerprint density at radius 1 is 1.24 bits per heavy atom. The normalized spacial score (nSPS) is 14.1. The number of likely N-dealkylation sites (tertiary alicyclic amines) is 1. The van der Waals surface area contributed by atoms with Gasteiger partial charge < -0.3 is 19.7 Å². The van der Waals surface area contributed by atoms with Crippen LogP contribution in [-0.4, -0.2) is 41.3 Å². The summed E-state index contributed by atoms with van der Waals surface area (Å²) in [6, 6.07) is 8.90. The first-order valence-corrected chi connectivity index (χ1v) is 9.11. The first kappa shape index (κ1) is 19.2. The van der Waals surface area contributed by atoms with Crippen LogP contribution in [0, 0.1) is 5.82 Å². The van der Waals surface area contributed by atoms with Gasteiger partial charge in [0.1, 0.15) is 17.7 Å². The van der Waals surface area contributed by atoms with E-state index in [9.17, 15) is 18.4 Å². The van der Waals surface area contributed by atoms with E-state index in [0.717, 1.165) is 6.07 Å². The maximum absolute atomic E-state index is 14.7. The molecule has 2 heterocycles. The molecule has 0 unspecified atom stereocenters. The molecule has 150 valence electrons. The number of carbonyl (C=O) groups is 2. The molecule has 0 saturated carbocycles. The first-order chi connectivity index (χ1) is 13.8. The number of benzene rings is 2. The lowest BCUT2D eigenvalue weighted by Gasteiger charge is -2.34. The van der Waals surface area contributed by atoms with Crippen LogP contribution in [0.15, 0.2) is 40.8 Å². The molecule has 0 aliphatic carbocycles. The van der Waals surface area contributed by atoms with Crippen LogP contribution < -0.4 is 5.32 Å². The van der Waals surface area contributed by atoms with Crippen LogP contribution in [0.2, 0.25) is 5.02 Å². The zero-order valence-corrected chi connectivity index (χ0v) is 15.7. The van der Waals surface area contributed by atoms with Crippen molar-refractivity contribution in [3.8, 4) is 11.1 Å². The average Bonchev–Trinajstić information content (AvgIpc) is 3.07. The fraction of sp³-hybridized carbons (Fsp3) is 0.200. The number of amides is 2. The largest absolute Gasteiger partial charge is 0.465 e. The molecule has 4 rings (SSSR count). The quantitative estimate of drug-likeness (QED) is 0.653. The molecule has 1 aliphatic heterocycles. The number of rotatable bonds is 4. The van der Waals surface area contributed by atoms with Gasteiger partial charge in [-0.15, -0.1) is 0 Å². The molecule has 1 fully saturated rings. The van der Waals surface area contributed by atoms with Crippen LogP contribution in [-0.2, 0) is 6.54 Å². The molecular formula is C20H15ClF2N2O4. The first-order valence-electron chi connectivity index (χ1n) is 8.74. The van der Waals surface area contributed by atoms with Gasteiger partial charge in [-0.3, -0.25) is 4.79 Å². The van der Waals surface area contributed by atoms with Crippen LogP contribution in [0.4, 0.5) is 13.6 Å². The molecule has 2 aromatic carbocycles. The summed E-state index contributed by atoms with van der Waals surface area (Å²) in [5.74, 6) is -0.660. The van der Waals surface area contributed by atoms with Gasteiger partial charge in [0.25, 0.3) is 5.91 Å². The maximum Gasteiger partial charge on any atom is 0.405 e. The Morgan fingerprint density at radius 2 is 2.00 bits per heavy atom. The zero-order chi connectivity index (χ0) is 20.7. The maximum atomic E-state index is 14.7. The van der Waals surface area contributed by atoms with Crippen molar-refractivity contribution in [2.24, 2.45) is 0 Å². The van der Waals surface area contributed by atoms with Crippen molar-refractivity contribution >= 4 is 34.6 Å². The number of halogens is 3. The SMILES string of the molecule is O=C(O)NCc1cc2cc(-c3ccc(C(=O)N4CC(F)C4)cc3F)cc(Cl)c2o1. The van der Waals surface area contributed by atoms with Gasteiger partial charge in [0.15, 0.2) is 5.58 Å². The van der Waals surface area contributed by atoms with Crippen molar-refractivity contribution in [2.75, 3.05) is 13.1 Å². The van der Waals surface area contributed by atoms with Gasteiger partial charge in [-0.1, -0.05) is 17.7 Å². The summed E-state index contributed by atoms with van der Waals surface area (Å²) < 4.78 is 33.2. The number of furan rings is 1. The van der Waals surface area contributed by atoms with E-state index >= 15 is 0 Å². The van der Waals surface area contributed by atoms with E-state index in [-0.39, 0.29) is 35.8 Å². The van der Waals surface area contributed by atoms with Gasteiger partial charge in [-0.25, -0.2) is 13.6 Å². The van der Waals surface area contributed by atoms with E-state index in [2.05, 4.69) is 5.32 Å². The Kier molecular flexibility index (Phi) is 4.87. The lowest BCUT2D eigenvalue weighted by atomic mass is 10.0. The summed E-state index contributed by atoms with van der Waals surface area (Å²) in [5.41, 5.74) is 1.23. The van der Waals surface area contributed by atoms with Crippen LogP contribution in [0.1, 0.15) is 16.1 Å². The van der Waals surface area contributed by atoms with Gasteiger partial charge in [0.2, 0.25) is 0 Å².